The molecule has 1 saturated heterocycles. The molecule has 0 aliphatic carbocycles. The summed E-state index contributed by atoms with van der Waals surface area (Å²) in [6.07, 6.45) is 3.01. The fraction of sp³-hybridized carbons (Fsp3) is 0.643. The van der Waals surface area contributed by atoms with Gasteiger partial charge in [0.05, 0.1) is 6.54 Å². The first-order valence-electron chi connectivity index (χ1n) is 6.75. The maximum absolute atomic E-state index is 11.9. The van der Waals surface area contributed by atoms with Crippen LogP contribution in [0.5, 0.6) is 0 Å². The van der Waals surface area contributed by atoms with Crippen molar-refractivity contribution in [1.82, 2.24) is 15.2 Å². The predicted octanol–water partition coefficient (Wildman–Crippen LogP) is 1.34. The topological polar surface area (TPSA) is 46.1 Å². The lowest BCUT2D eigenvalue weighted by Gasteiger charge is -2.22. The van der Waals surface area contributed by atoms with Gasteiger partial charge in [-0.25, -0.2) is 0 Å². The maximum atomic E-state index is 11.9. The molecule has 1 aliphatic heterocycles. The summed E-state index contributed by atoms with van der Waals surface area (Å²) in [6, 6.07) is 4.14. The summed E-state index contributed by atoms with van der Waals surface area (Å²) in [5.41, 5.74) is 2.37. The van der Waals surface area contributed by atoms with Gasteiger partial charge < -0.3 is 15.2 Å². The molecule has 1 unspecified atom stereocenters. The van der Waals surface area contributed by atoms with E-state index < -0.39 is 0 Å². The van der Waals surface area contributed by atoms with Crippen LogP contribution in [0.4, 0.5) is 0 Å². The molecular formula is C14H23N3O. The highest BCUT2D eigenvalue weighted by Crippen LogP contribution is 2.13. The lowest BCUT2D eigenvalue weighted by molar-refractivity contribution is -0.122. The van der Waals surface area contributed by atoms with Crippen molar-refractivity contribution in [2.75, 3.05) is 13.1 Å². The standard InChI is InChI=1S/C14H23N3O/c1-11-5-6-13(17(11)2)10-16-14(18)8-12-4-3-7-15-9-12/h5-6,12,15H,3-4,7-10H2,1-2H3,(H,16,18). The number of hydrogen-bond donors (Lipinski definition) is 2. The zero-order valence-electron chi connectivity index (χ0n) is 11.3. The Morgan fingerprint density at radius 2 is 2.39 bits per heavy atom. The Labute approximate surface area is 109 Å². The van der Waals surface area contributed by atoms with Gasteiger partial charge in [-0.15, -0.1) is 0 Å². The first-order valence-corrected chi connectivity index (χ1v) is 6.75. The third-order valence-corrected chi connectivity index (χ3v) is 3.82. The van der Waals surface area contributed by atoms with Gasteiger partial charge in [0.25, 0.3) is 0 Å². The number of carbonyl (C=O) groups is 1. The summed E-state index contributed by atoms with van der Waals surface area (Å²) in [5.74, 6) is 0.677. The average molecular weight is 249 g/mol. The number of aryl methyl sites for hydroxylation is 1. The zero-order valence-corrected chi connectivity index (χ0v) is 11.3. The van der Waals surface area contributed by atoms with E-state index in [1.165, 1.54) is 18.5 Å². The van der Waals surface area contributed by atoms with Crippen LogP contribution in [0.1, 0.15) is 30.7 Å². The van der Waals surface area contributed by atoms with Crippen molar-refractivity contribution < 1.29 is 4.79 Å². The molecule has 1 atom stereocenters. The van der Waals surface area contributed by atoms with Gasteiger partial charge in [0.15, 0.2) is 0 Å². The molecule has 1 aromatic heterocycles. The molecule has 2 rings (SSSR count). The molecule has 0 aromatic carbocycles. The number of nitrogens with zero attached hydrogens (tertiary/aromatic N) is 1. The van der Waals surface area contributed by atoms with Crippen molar-refractivity contribution in [2.45, 2.75) is 32.7 Å². The van der Waals surface area contributed by atoms with Crippen LogP contribution in [0.2, 0.25) is 0 Å². The van der Waals surface area contributed by atoms with Crippen molar-refractivity contribution >= 4 is 5.91 Å². The summed E-state index contributed by atoms with van der Waals surface area (Å²) < 4.78 is 2.11. The first-order chi connectivity index (χ1) is 8.66. The number of amides is 1. The van der Waals surface area contributed by atoms with E-state index in [4.69, 9.17) is 0 Å². The van der Waals surface area contributed by atoms with Crippen LogP contribution in [0, 0.1) is 12.8 Å². The number of piperidine rings is 1. The number of carbonyl (C=O) groups excluding carboxylic acids is 1. The molecule has 100 valence electrons. The van der Waals surface area contributed by atoms with Crippen molar-refractivity contribution in [2.24, 2.45) is 13.0 Å². The lowest BCUT2D eigenvalue weighted by Crippen LogP contribution is -2.34. The van der Waals surface area contributed by atoms with Crippen LogP contribution < -0.4 is 10.6 Å². The van der Waals surface area contributed by atoms with Crippen LogP contribution in [0.25, 0.3) is 0 Å². The van der Waals surface area contributed by atoms with Gasteiger partial charge in [-0.2, -0.15) is 0 Å². The Morgan fingerprint density at radius 3 is 3.00 bits per heavy atom. The third-order valence-electron chi connectivity index (χ3n) is 3.82. The molecule has 4 nitrogen and oxygen atoms in total. The lowest BCUT2D eigenvalue weighted by atomic mass is 9.96. The molecular weight excluding hydrogens is 226 g/mol. The van der Waals surface area contributed by atoms with E-state index in [0.29, 0.717) is 18.9 Å². The minimum Gasteiger partial charge on any atom is -0.351 e. The third kappa shape index (κ3) is 3.35. The molecule has 0 bridgehead atoms. The Hall–Kier alpha value is -1.29. The van der Waals surface area contributed by atoms with Gasteiger partial charge in [-0.05, 0) is 50.9 Å². The summed E-state index contributed by atoms with van der Waals surface area (Å²) in [5, 5.41) is 6.36. The fourth-order valence-corrected chi connectivity index (χ4v) is 2.47. The Balaban J connectivity index is 1.76. The molecule has 1 aromatic rings. The fourth-order valence-electron chi connectivity index (χ4n) is 2.47. The molecule has 0 spiro atoms. The van der Waals surface area contributed by atoms with Gasteiger partial charge in [0, 0.05) is 24.9 Å². The summed E-state index contributed by atoms with van der Waals surface area (Å²) in [6.45, 7) is 4.78. The van der Waals surface area contributed by atoms with Crippen molar-refractivity contribution in [3.63, 3.8) is 0 Å². The van der Waals surface area contributed by atoms with Gasteiger partial charge in [0.1, 0.15) is 0 Å². The minimum absolute atomic E-state index is 0.169. The second-order valence-electron chi connectivity index (χ2n) is 5.22. The summed E-state index contributed by atoms with van der Waals surface area (Å²) in [4.78, 5) is 11.9. The van der Waals surface area contributed by atoms with Gasteiger partial charge >= 0.3 is 0 Å². The van der Waals surface area contributed by atoms with Crippen LogP contribution in [-0.4, -0.2) is 23.6 Å². The van der Waals surface area contributed by atoms with Crippen LogP contribution in [0.3, 0.4) is 0 Å². The zero-order chi connectivity index (χ0) is 13.0. The SMILES string of the molecule is Cc1ccc(CNC(=O)CC2CCCNC2)n1C. The predicted molar refractivity (Wildman–Crippen MR) is 72.2 cm³/mol. The quantitative estimate of drug-likeness (QED) is 0.846. The highest BCUT2D eigenvalue weighted by molar-refractivity contribution is 5.76. The normalized spacial score (nSPS) is 19.8. The smallest absolute Gasteiger partial charge is 0.220 e. The number of hydrogen-bond acceptors (Lipinski definition) is 2. The number of nitrogens with one attached hydrogen (secondary N) is 2. The van der Waals surface area contributed by atoms with Crippen LogP contribution in [0.15, 0.2) is 12.1 Å². The molecule has 4 heteroatoms. The number of rotatable bonds is 4. The summed E-state index contributed by atoms with van der Waals surface area (Å²) >= 11 is 0. The molecule has 2 heterocycles. The molecule has 18 heavy (non-hydrogen) atoms. The highest BCUT2D eigenvalue weighted by Gasteiger charge is 2.16. The molecule has 1 amide bonds. The monoisotopic (exact) mass is 249 g/mol. The Kier molecular flexibility index (Phi) is 4.42. The second-order valence-corrected chi connectivity index (χ2v) is 5.22. The van der Waals surface area contributed by atoms with E-state index in [1.807, 2.05) is 7.05 Å². The first kappa shape index (κ1) is 13.1. The van der Waals surface area contributed by atoms with Gasteiger partial charge in [-0.1, -0.05) is 0 Å². The molecule has 0 saturated carbocycles. The van der Waals surface area contributed by atoms with E-state index in [0.717, 1.165) is 18.8 Å². The van der Waals surface area contributed by atoms with Crippen LogP contribution in [-0.2, 0) is 18.4 Å². The van der Waals surface area contributed by atoms with Crippen molar-refractivity contribution in [3.8, 4) is 0 Å². The maximum Gasteiger partial charge on any atom is 0.220 e. The van der Waals surface area contributed by atoms with E-state index in [9.17, 15) is 4.79 Å². The van der Waals surface area contributed by atoms with Crippen LogP contribution >= 0.6 is 0 Å². The van der Waals surface area contributed by atoms with E-state index in [-0.39, 0.29) is 5.91 Å². The Bertz CT molecular complexity index is 405. The summed E-state index contributed by atoms with van der Waals surface area (Å²) in [7, 11) is 2.03. The van der Waals surface area contributed by atoms with Gasteiger partial charge in [-0.3, -0.25) is 4.79 Å². The van der Waals surface area contributed by atoms with Crippen molar-refractivity contribution in [3.05, 3.63) is 23.5 Å². The van der Waals surface area contributed by atoms with E-state index in [1.54, 1.807) is 0 Å². The molecule has 2 N–H and O–H groups in total. The molecule has 1 fully saturated rings. The van der Waals surface area contributed by atoms with E-state index >= 15 is 0 Å². The minimum atomic E-state index is 0.169. The van der Waals surface area contributed by atoms with E-state index in [2.05, 4.69) is 34.3 Å². The second kappa shape index (κ2) is 6.05. The highest BCUT2D eigenvalue weighted by atomic mass is 16.1. The number of aromatic nitrogens is 1. The molecule has 0 radical (unpaired) electrons. The van der Waals surface area contributed by atoms with Gasteiger partial charge in [0.2, 0.25) is 5.91 Å². The average Bonchev–Trinajstić information content (AvgIpc) is 2.69. The van der Waals surface area contributed by atoms with Crippen molar-refractivity contribution in [1.29, 1.82) is 0 Å². The molecule has 1 aliphatic rings. The Morgan fingerprint density at radius 1 is 1.56 bits per heavy atom. The largest absolute Gasteiger partial charge is 0.351 e.